The number of rotatable bonds is 2. The Labute approximate surface area is 88.7 Å². The fraction of sp³-hybridized carbons (Fsp3) is 0.700. The van der Waals surface area contributed by atoms with Gasteiger partial charge in [0.1, 0.15) is 0 Å². The molecule has 0 aromatic carbocycles. The van der Waals surface area contributed by atoms with Gasteiger partial charge in [0.15, 0.2) is 0 Å². The maximum Gasteiger partial charge on any atom is 0.238 e. The Balaban J connectivity index is 1.76. The van der Waals surface area contributed by atoms with Crippen molar-refractivity contribution in [2.45, 2.75) is 24.9 Å². The van der Waals surface area contributed by atoms with Gasteiger partial charge in [0.05, 0.1) is 6.04 Å². The number of carbonyl (C=O) groups is 1. The lowest BCUT2D eigenvalue weighted by molar-refractivity contribution is -0.123. The molecule has 0 saturated carbocycles. The third-order valence-corrected chi connectivity index (χ3v) is 3.65. The molecule has 0 aromatic rings. The number of hydrogen-bond donors (Lipinski definition) is 2. The summed E-state index contributed by atoms with van der Waals surface area (Å²) in [5.74, 6) is 2.20. The van der Waals surface area contributed by atoms with E-state index >= 15 is 0 Å². The van der Waals surface area contributed by atoms with Gasteiger partial charge in [-0.25, -0.2) is 0 Å². The molecule has 3 nitrogen and oxygen atoms in total. The van der Waals surface area contributed by atoms with Crippen LogP contribution in [-0.4, -0.2) is 36.0 Å². The summed E-state index contributed by atoms with van der Waals surface area (Å²) in [7, 11) is 0. The molecule has 1 fully saturated rings. The van der Waals surface area contributed by atoms with Gasteiger partial charge in [-0.2, -0.15) is 11.8 Å². The van der Waals surface area contributed by atoms with E-state index in [2.05, 4.69) is 22.8 Å². The van der Waals surface area contributed by atoms with E-state index in [1.165, 1.54) is 0 Å². The quantitative estimate of drug-likeness (QED) is 0.656. The minimum absolute atomic E-state index is 0.0225. The molecule has 0 spiro atoms. The molecule has 2 aliphatic rings. The van der Waals surface area contributed by atoms with Crippen molar-refractivity contribution in [1.82, 2.24) is 10.6 Å². The molecule has 14 heavy (non-hydrogen) atoms. The van der Waals surface area contributed by atoms with Gasteiger partial charge in [-0.1, -0.05) is 12.2 Å². The zero-order valence-electron chi connectivity index (χ0n) is 8.16. The maximum absolute atomic E-state index is 11.7. The first-order valence-electron chi connectivity index (χ1n) is 5.13. The molecule has 0 bridgehead atoms. The van der Waals surface area contributed by atoms with Crippen molar-refractivity contribution in [2.75, 3.05) is 18.1 Å². The highest BCUT2D eigenvalue weighted by Crippen LogP contribution is 2.11. The van der Waals surface area contributed by atoms with E-state index in [0.29, 0.717) is 6.04 Å². The predicted octanol–water partition coefficient (Wildman–Crippen LogP) is 0.526. The van der Waals surface area contributed by atoms with Crippen molar-refractivity contribution in [3.05, 3.63) is 12.2 Å². The maximum atomic E-state index is 11.7. The lowest BCUT2D eigenvalue weighted by Crippen LogP contribution is -2.51. The first kappa shape index (κ1) is 10.1. The highest BCUT2D eigenvalue weighted by molar-refractivity contribution is 7.99. The van der Waals surface area contributed by atoms with E-state index in [9.17, 15) is 4.79 Å². The van der Waals surface area contributed by atoms with Crippen LogP contribution in [0.2, 0.25) is 0 Å². The third kappa shape index (κ3) is 2.51. The van der Waals surface area contributed by atoms with Crippen LogP contribution in [0.15, 0.2) is 12.2 Å². The summed E-state index contributed by atoms with van der Waals surface area (Å²) in [6.45, 7) is 0.950. The Bertz CT molecular complexity index is 228. The zero-order valence-corrected chi connectivity index (χ0v) is 8.98. The number of carbonyl (C=O) groups excluding carboxylic acids is 1. The summed E-state index contributed by atoms with van der Waals surface area (Å²) in [5, 5.41) is 6.31. The number of hydrogen-bond acceptors (Lipinski definition) is 3. The summed E-state index contributed by atoms with van der Waals surface area (Å²) in [4.78, 5) is 11.7. The molecule has 4 heteroatoms. The van der Waals surface area contributed by atoms with Crippen molar-refractivity contribution >= 4 is 17.7 Å². The fourth-order valence-electron chi connectivity index (χ4n) is 1.77. The molecule has 1 unspecified atom stereocenters. The van der Waals surface area contributed by atoms with Gasteiger partial charge in [0.25, 0.3) is 0 Å². The zero-order chi connectivity index (χ0) is 9.80. The van der Waals surface area contributed by atoms with Crippen molar-refractivity contribution in [2.24, 2.45) is 0 Å². The van der Waals surface area contributed by atoms with Gasteiger partial charge >= 0.3 is 0 Å². The molecule has 0 radical (unpaired) electrons. The largest absolute Gasteiger partial charge is 0.351 e. The molecule has 1 atom stereocenters. The SMILES string of the molecule is O=C(NC1CC=CC1)C1CSCCN1. The van der Waals surface area contributed by atoms with Gasteiger partial charge in [-0.3, -0.25) is 4.79 Å². The molecule has 1 saturated heterocycles. The van der Waals surface area contributed by atoms with E-state index in [1.807, 2.05) is 11.8 Å². The Hall–Kier alpha value is -0.480. The van der Waals surface area contributed by atoms with Crippen LogP contribution in [0.1, 0.15) is 12.8 Å². The number of amides is 1. The van der Waals surface area contributed by atoms with Crippen molar-refractivity contribution in [3.8, 4) is 0 Å². The summed E-state index contributed by atoms with van der Waals surface area (Å²) < 4.78 is 0. The Morgan fingerprint density at radius 2 is 2.21 bits per heavy atom. The van der Waals surface area contributed by atoms with Gasteiger partial charge in [-0.05, 0) is 12.8 Å². The van der Waals surface area contributed by atoms with E-state index < -0.39 is 0 Å². The molecule has 2 N–H and O–H groups in total. The van der Waals surface area contributed by atoms with E-state index in [1.54, 1.807) is 0 Å². The van der Waals surface area contributed by atoms with Crippen LogP contribution in [0.3, 0.4) is 0 Å². The summed E-state index contributed by atoms with van der Waals surface area (Å²) in [6, 6.07) is 0.366. The van der Waals surface area contributed by atoms with Crippen LogP contribution in [-0.2, 0) is 4.79 Å². The highest BCUT2D eigenvalue weighted by Gasteiger charge is 2.23. The molecule has 0 aromatic heterocycles. The first-order chi connectivity index (χ1) is 6.86. The molecule has 2 rings (SSSR count). The minimum Gasteiger partial charge on any atom is -0.351 e. The van der Waals surface area contributed by atoms with Crippen LogP contribution < -0.4 is 10.6 Å². The lowest BCUT2D eigenvalue weighted by Gasteiger charge is -2.24. The highest BCUT2D eigenvalue weighted by atomic mass is 32.2. The molecule has 1 aliphatic carbocycles. The summed E-state index contributed by atoms with van der Waals surface area (Å²) >= 11 is 1.85. The molecule has 1 heterocycles. The van der Waals surface area contributed by atoms with Gasteiger partial charge in [0, 0.05) is 24.1 Å². The first-order valence-corrected chi connectivity index (χ1v) is 6.28. The van der Waals surface area contributed by atoms with E-state index in [4.69, 9.17) is 0 Å². The Kier molecular flexibility index (Phi) is 3.48. The fourth-order valence-corrected chi connectivity index (χ4v) is 2.70. The van der Waals surface area contributed by atoms with Gasteiger partial charge < -0.3 is 10.6 Å². The topological polar surface area (TPSA) is 41.1 Å². The smallest absolute Gasteiger partial charge is 0.238 e. The second-order valence-electron chi connectivity index (χ2n) is 3.73. The Morgan fingerprint density at radius 3 is 2.86 bits per heavy atom. The average Bonchev–Trinajstić information content (AvgIpc) is 2.72. The van der Waals surface area contributed by atoms with E-state index in [0.717, 1.165) is 30.9 Å². The van der Waals surface area contributed by atoms with Gasteiger partial charge in [-0.15, -0.1) is 0 Å². The third-order valence-electron chi connectivity index (χ3n) is 2.59. The second-order valence-corrected chi connectivity index (χ2v) is 4.88. The lowest BCUT2D eigenvalue weighted by atomic mass is 10.2. The number of thioether (sulfide) groups is 1. The Morgan fingerprint density at radius 1 is 1.43 bits per heavy atom. The van der Waals surface area contributed by atoms with Crippen LogP contribution >= 0.6 is 11.8 Å². The van der Waals surface area contributed by atoms with Gasteiger partial charge in [0.2, 0.25) is 5.91 Å². The summed E-state index contributed by atoms with van der Waals surface area (Å²) in [5.41, 5.74) is 0. The molecule has 1 amide bonds. The van der Waals surface area contributed by atoms with Crippen molar-refractivity contribution < 1.29 is 4.79 Å². The molecule has 1 aliphatic heterocycles. The van der Waals surface area contributed by atoms with Crippen LogP contribution in [0.5, 0.6) is 0 Å². The average molecular weight is 212 g/mol. The van der Waals surface area contributed by atoms with Crippen molar-refractivity contribution in [1.29, 1.82) is 0 Å². The number of nitrogens with one attached hydrogen (secondary N) is 2. The van der Waals surface area contributed by atoms with E-state index in [-0.39, 0.29) is 11.9 Å². The standard InChI is InChI=1S/C10H16N2OS/c13-10(9-7-14-6-5-11-9)12-8-3-1-2-4-8/h1-2,8-9,11H,3-7H2,(H,12,13). The molecular weight excluding hydrogens is 196 g/mol. The van der Waals surface area contributed by atoms with Crippen molar-refractivity contribution in [3.63, 3.8) is 0 Å². The normalized spacial score (nSPS) is 27.9. The van der Waals surface area contributed by atoms with Crippen LogP contribution in [0.4, 0.5) is 0 Å². The minimum atomic E-state index is 0.0225. The summed E-state index contributed by atoms with van der Waals surface area (Å²) in [6.07, 6.45) is 6.25. The molecular formula is C10H16N2OS. The second kappa shape index (κ2) is 4.84. The monoisotopic (exact) mass is 212 g/mol. The van der Waals surface area contributed by atoms with Crippen LogP contribution in [0, 0.1) is 0 Å². The predicted molar refractivity (Wildman–Crippen MR) is 59.4 cm³/mol. The molecule has 78 valence electrons. The van der Waals surface area contributed by atoms with Crippen LogP contribution in [0.25, 0.3) is 0 Å².